The summed E-state index contributed by atoms with van der Waals surface area (Å²) in [6, 6.07) is 10.7. The lowest BCUT2D eigenvalue weighted by Gasteiger charge is -2.37. The predicted molar refractivity (Wildman–Crippen MR) is 95.7 cm³/mol. The molecule has 0 bridgehead atoms. The molecule has 126 valence electrons. The van der Waals surface area contributed by atoms with Crippen molar-refractivity contribution in [3.63, 3.8) is 0 Å². The summed E-state index contributed by atoms with van der Waals surface area (Å²) in [6.45, 7) is 5.19. The van der Waals surface area contributed by atoms with Crippen LogP contribution in [0, 0.1) is 5.92 Å². The van der Waals surface area contributed by atoms with Gasteiger partial charge in [-0.3, -0.25) is 9.69 Å². The number of benzene rings is 1. The molecule has 2 rings (SSSR count). The summed E-state index contributed by atoms with van der Waals surface area (Å²) < 4.78 is 0. The van der Waals surface area contributed by atoms with Gasteiger partial charge in [-0.2, -0.15) is 0 Å². The van der Waals surface area contributed by atoms with Gasteiger partial charge in [0, 0.05) is 6.54 Å². The van der Waals surface area contributed by atoms with Crippen molar-refractivity contribution in [2.45, 2.75) is 25.8 Å². The minimum Gasteiger partial charge on any atom is -0.353 e. The lowest BCUT2D eigenvalue weighted by atomic mass is 9.95. The van der Waals surface area contributed by atoms with Crippen molar-refractivity contribution >= 4 is 30.7 Å². The Hall–Kier alpha value is -0.810. The van der Waals surface area contributed by atoms with E-state index >= 15 is 0 Å². The molecule has 1 amide bonds. The van der Waals surface area contributed by atoms with Gasteiger partial charge in [0.15, 0.2) is 0 Å². The number of hydrogen-bond donors (Lipinski definition) is 2. The van der Waals surface area contributed by atoms with Gasteiger partial charge in [-0.15, -0.1) is 24.8 Å². The number of likely N-dealkylation sites (tertiary alicyclic amines) is 1. The van der Waals surface area contributed by atoms with Crippen molar-refractivity contribution in [2.75, 3.05) is 26.2 Å². The molecule has 1 saturated heterocycles. The van der Waals surface area contributed by atoms with Gasteiger partial charge >= 0.3 is 0 Å². The van der Waals surface area contributed by atoms with Gasteiger partial charge in [0.05, 0.1) is 12.6 Å². The average Bonchev–Trinajstić information content (AvgIpc) is 2.50. The molecule has 3 N–H and O–H groups in total. The Kier molecular flexibility index (Phi) is 10.4. The fourth-order valence-electron chi connectivity index (χ4n) is 2.76. The van der Waals surface area contributed by atoms with Crippen LogP contribution in [0.25, 0.3) is 0 Å². The Labute approximate surface area is 145 Å². The number of rotatable bonds is 5. The Balaban J connectivity index is 0.00000220. The largest absolute Gasteiger partial charge is 0.353 e. The van der Waals surface area contributed by atoms with Crippen LogP contribution in [0.1, 0.15) is 31.4 Å². The molecule has 0 saturated carbocycles. The van der Waals surface area contributed by atoms with Crippen LogP contribution in [-0.4, -0.2) is 37.0 Å². The zero-order chi connectivity index (χ0) is 14.4. The predicted octanol–water partition coefficient (Wildman–Crippen LogP) is 2.38. The Morgan fingerprint density at radius 3 is 2.41 bits per heavy atom. The Morgan fingerprint density at radius 1 is 1.27 bits per heavy atom. The number of carbonyl (C=O) groups is 1. The van der Waals surface area contributed by atoms with Gasteiger partial charge in [-0.25, -0.2) is 0 Å². The number of nitrogens with two attached hydrogens (primary N) is 1. The summed E-state index contributed by atoms with van der Waals surface area (Å²) in [7, 11) is 0. The molecule has 1 aliphatic heterocycles. The number of amides is 1. The van der Waals surface area contributed by atoms with Crippen molar-refractivity contribution in [1.29, 1.82) is 0 Å². The highest BCUT2D eigenvalue weighted by Crippen LogP contribution is 2.26. The molecule has 1 aliphatic rings. The molecular formula is C16H27Cl2N3O. The molecule has 0 radical (unpaired) electrons. The number of halogens is 2. The Bertz CT molecular complexity index is 423. The molecule has 0 spiro atoms. The van der Waals surface area contributed by atoms with Gasteiger partial charge in [-0.05, 0) is 37.4 Å². The summed E-state index contributed by atoms with van der Waals surface area (Å²) in [4.78, 5) is 13.9. The summed E-state index contributed by atoms with van der Waals surface area (Å²) in [5.74, 6) is 0.720. The minimum absolute atomic E-state index is 0. The molecule has 1 heterocycles. The number of nitrogens with one attached hydrogen (secondary N) is 1. The molecular weight excluding hydrogens is 321 g/mol. The van der Waals surface area contributed by atoms with Crippen LogP contribution in [0.5, 0.6) is 0 Å². The van der Waals surface area contributed by atoms with E-state index in [2.05, 4.69) is 41.4 Å². The van der Waals surface area contributed by atoms with Crippen molar-refractivity contribution < 1.29 is 4.79 Å². The van der Waals surface area contributed by atoms with E-state index in [1.54, 1.807) is 0 Å². The van der Waals surface area contributed by atoms with E-state index in [1.165, 1.54) is 18.4 Å². The van der Waals surface area contributed by atoms with Gasteiger partial charge in [0.1, 0.15) is 0 Å². The number of piperidine rings is 1. The van der Waals surface area contributed by atoms with Gasteiger partial charge in [-0.1, -0.05) is 37.3 Å². The standard InChI is InChI=1S/C16H25N3O.2ClH/c1-13-7-9-19(10-8-13)15(12-18-16(20)11-17)14-5-3-2-4-6-14;;/h2-6,13,15H,7-12,17H2,1H3,(H,18,20);2*1H. The Morgan fingerprint density at radius 2 is 1.86 bits per heavy atom. The lowest BCUT2D eigenvalue weighted by molar-refractivity contribution is -0.120. The molecule has 1 aromatic rings. The van der Waals surface area contributed by atoms with E-state index in [9.17, 15) is 4.79 Å². The fraction of sp³-hybridized carbons (Fsp3) is 0.562. The van der Waals surface area contributed by atoms with Gasteiger partial charge < -0.3 is 11.1 Å². The monoisotopic (exact) mass is 347 g/mol. The number of hydrogen-bond acceptors (Lipinski definition) is 3. The third kappa shape index (κ3) is 6.13. The maximum atomic E-state index is 11.4. The highest BCUT2D eigenvalue weighted by Gasteiger charge is 2.24. The minimum atomic E-state index is -0.0868. The van der Waals surface area contributed by atoms with Crippen molar-refractivity contribution in [3.05, 3.63) is 35.9 Å². The molecule has 0 aliphatic carbocycles. The van der Waals surface area contributed by atoms with Crippen LogP contribution < -0.4 is 11.1 Å². The molecule has 1 aromatic carbocycles. The fourth-order valence-corrected chi connectivity index (χ4v) is 2.76. The molecule has 22 heavy (non-hydrogen) atoms. The van der Waals surface area contributed by atoms with Crippen LogP contribution in [0.15, 0.2) is 30.3 Å². The van der Waals surface area contributed by atoms with E-state index in [1.807, 2.05) is 6.07 Å². The second-order valence-electron chi connectivity index (χ2n) is 5.65. The summed E-state index contributed by atoms with van der Waals surface area (Å²) in [5, 5.41) is 2.93. The molecule has 1 fully saturated rings. The first-order chi connectivity index (χ1) is 9.70. The quantitative estimate of drug-likeness (QED) is 0.859. The van der Waals surface area contributed by atoms with Crippen molar-refractivity contribution in [3.8, 4) is 0 Å². The van der Waals surface area contributed by atoms with Crippen LogP contribution in [0.2, 0.25) is 0 Å². The van der Waals surface area contributed by atoms with Gasteiger partial charge in [0.2, 0.25) is 5.91 Å². The number of carbonyl (C=O) groups excluding carboxylic acids is 1. The summed E-state index contributed by atoms with van der Waals surface area (Å²) >= 11 is 0. The summed E-state index contributed by atoms with van der Waals surface area (Å²) in [6.07, 6.45) is 2.46. The topological polar surface area (TPSA) is 58.4 Å². The van der Waals surface area contributed by atoms with E-state index in [0.717, 1.165) is 19.0 Å². The first-order valence-electron chi connectivity index (χ1n) is 7.46. The van der Waals surface area contributed by atoms with Crippen LogP contribution >= 0.6 is 24.8 Å². The van der Waals surface area contributed by atoms with Crippen LogP contribution in [0.3, 0.4) is 0 Å². The third-order valence-electron chi connectivity index (χ3n) is 4.12. The van der Waals surface area contributed by atoms with E-state index in [0.29, 0.717) is 6.54 Å². The SMILES string of the molecule is CC1CCN(C(CNC(=O)CN)c2ccccc2)CC1.Cl.Cl. The zero-order valence-corrected chi connectivity index (χ0v) is 14.7. The first-order valence-corrected chi connectivity index (χ1v) is 7.46. The van der Waals surface area contributed by atoms with Gasteiger partial charge in [0.25, 0.3) is 0 Å². The average molecular weight is 348 g/mol. The zero-order valence-electron chi connectivity index (χ0n) is 13.0. The third-order valence-corrected chi connectivity index (χ3v) is 4.12. The van der Waals surface area contributed by atoms with E-state index < -0.39 is 0 Å². The van der Waals surface area contributed by atoms with Crippen molar-refractivity contribution in [2.24, 2.45) is 11.7 Å². The smallest absolute Gasteiger partial charge is 0.233 e. The van der Waals surface area contributed by atoms with E-state index in [-0.39, 0.29) is 43.3 Å². The van der Waals surface area contributed by atoms with Crippen LogP contribution in [-0.2, 0) is 4.79 Å². The molecule has 1 unspecified atom stereocenters. The highest BCUT2D eigenvalue weighted by molar-refractivity contribution is 5.85. The molecule has 6 heteroatoms. The second kappa shape index (κ2) is 10.8. The maximum absolute atomic E-state index is 11.4. The lowest BCUT2D eigenvalue weighted by Crippen LogP contribution is -2.43. The first kappa shape index (κ1) is 21.2. The molecule has 0 aromatic heterocycles. The van der Waals surface area contributed by atoms with Crippen molar-refractivity contribution in [1.82, 2.24) is 10.2 Å². The molecule has 1 atom stereocenters. The molecule has 4 nitrogen and oxygen atoms in total. The second-order valence-corrected chi connectivity index (χ2v) is 5.65. The van der Waals surface area contributed by atoms with E-state index in [4.69, 9.17) is 5.73 Å². The summed E-state index contributed by atoms with van der Waals surface area (Å²) in [5.41, 5.74) is 6.63. The van der Waals surface area contributed by atoms with Crippen LogP contribution in [0.4, 0.5) is 0 Å². The maximum Gasteiger partial charge on any atom is 0.233 e. The highest BCUT2D eigenvalue weighted by atomic mass is 35.5. The number of nitrogens with zero attached hydrogens (tertiary/aromatic N) is 1. The normalized spacial score (nSPS) is 17.0.